The van der Waals surface area contributed by atoms with Gasteiger partial charge in [0.05, 0.1) is 12.8 Å². The van der Waals surface area contributed by atoms with Gasteiger partial charge in [-0.3, -0.25) is 19.3 Å². The summed E-state index contributed by atoms with van der Waals surface area (Å²) in [6, 6.07) is 12.7. The van der Waals surface area contributed by atoms with Gasteiger partial charge < -0.3 is 14.4 Å². The third-order valence-corrected chi connectivity index (χ3v) is 4.65. The number of nitrogens with zero attached hydrogens (tertiary/aromatic N) is 5. The summed E-state index contributed by atoms with van der Waals surface area (Å²) in [6.45, 7) is -0.0267. The molecular weight excluding hydrogens is 414 g/mol. The second-order valence-electron chi connectivity index (χ2n) is 6.97. The van der Waals surface area contributed by atoms with E-state index in [2.05, 4.69) is 25.5 Å². The quantitative estimate of drug-likeness (QED) is 0.273. The first-order chi connectivity index (χ1) is 15.5. The number of nitrogens with one attached hydrogen (secondary N) is 2. The topological polar surface area (TPSA) is 139 Å². The highest BCUT2D eigenvalue weighted by molar-refractivity contribution is 5.80. The number of hydrogen-bond acceptors (Lipinski definition) is 8. The van der Waals surface area contributed by atoms with Gasteiger partial charge in [0.2, 0.25) is 5.95 Å². The van der Waals surface area contributed by atoms with Crippen LogP contribution in [-0.2, 0) is 13.6 Å². The number of fused-ring (bicyclic) bond motifs is 1. The number of hydrogen-bond donors (Lipinski definition) is 3. The number of aliphatic hydroxyl groups excluding tert-OH is 1. The zero-order valence-corrected chi connectivity index (χ0v) is 17.2. The highest BCUT2D eigenvalue weighted by Gasteiger charge is 2.19. The molecule has 1 atom stereocenters. The average Bonchev–Trinajstić information content (AvgIpc) is 3.16. The number of rotatable bonds is 8. The van der Waals surface area contributed by atoms with E-state index in [0.717, 1.165) is 5.56 Å². The fourth-order valence-electron chi connectivity index (χ4n) is 3.09. The Morgan fingerprint density at radius 2 is 2.06 bits per heavy atom. The molecule has 0 aliphatic heterocycles. The Morgan fingerprint density at radius 3 is 2.81 bits per heavy atom. The lowest BCUT2D eigenvalue weighted by Crippen LogP contribution is -2.30. The van der Waals surface area contributed by atoms with Gasteiger partial charge in [0.15, 0.2) is 11.2 Å². The van der Waals surface area contributed by atoms with Gasteiger partial charge in [-0.15, -0.1) is 0 Å². The first kappa shape index (κ1) is 21.0. The highest BCUT2D eigenvalue weighted by atomic mass is 16.5. The number of aliphatic hydroxyl groups is 1. The van der Waals surface area contributed by atoms with Crippen molar-refractivity contribution in [1.29, 1.82) is 0 Å². The van der Waals surface area contributed by atoms with Gasteiger partial charge in [-0.1, -0.05) is 24.3 Å². The molecular formula is C21H21N7O4. The van der Waals surface area contributed by atoms with Crippen LogP contribution in [0.1, 0.15) is 5.56 Å². The molecule has 0 unspecified atom stereocenters. The van der Waals surface area contributed by atoms with Crippen molar-refractivity contribution in [2.45, 2.75) is 12.6 Å². The molecule has 164 valence electrons. The second kappa shape index (κ2) is 9.27. The Hall–Kier alpha value is -4.25. The van der Waals surface area contributed by atoms with Crippen molar-refractivity contribution in [3.05, 3.63) is 81.3 Å². The maximum absolute atomic E-state index is 12.5. The Kier molecular flexibility index (Phi) is 6.08. The van der Waals surface area contributed by atoms with Crippen LogP contribution in [0.4, 0.5) is 5.95 Å². The van der Waals surface area contributed by atoms with Crippen LogP contribution in [0.2, 0.25) is 0 Å². The van der Waals surface area contributed by atoms with E-state index in [-0.39, 0.29) is 30.3 Å². The molecule has 0 aliphatic rings. The second-order valence-corrected chi connectivity index (χ2v) is 6.97. The highest BCUT2D eigenvalue weighted by Crippen LogP contribution is 2.17. The minimum absolute atomic E-state index is 0.00819. The minimum Gasteiger partial charge on any atom is -0.491 e. The van der Waals surface area contributed by atoms with Crippen LogP contribution in [0.25, 0.3) is 11.2 Å². The number of imidazole rings is 1. The van der Waals surface area contributed by atoms with Crippen molar-refractivity contribution in [3.63, 3.8) is 0 Å². The van der Waals surface area contributed by atoms with Gasteiger partial charge in [0.1, 0.15) is 18.5 Å². The molecule has 0 amide bonds. The number of pyridine rings is 1. The van der Waals surface area contributed by atoms with E-state index >= 15 is 0 Å². The number of benzene rings is 1. The molecule has 3 N–H and O–H groups in total. The first-order valence-electron chi connectivity index (χ1n) is 9.77. The Morgan fingerprint density at radius 1 is 1.25 bits per heavy atom. The molecule has 0 radical (unpaired) electrons. The standard InChI is InChI=1S/C21H21N7O4/c1-27-18-17(19(30)25-21(27)31)28(12-15(29)13-32-16-7-3-2-4-8-16)20(24-18)26-23-11-14-6-5-9-22-10-14/h2-11,15,29H,12-13H2,1H3,(H,24,26)(H,25,30,31)/b23-11-/t15-/m1/s1. The molecule has 0 bridgehead atoms. The van der Waals surface area contributed by atoms with Crippen LogP contribution in [0.5, 0.6) is 5.75 Å². The van der Waals surface area contributed by atoms with E-state index in [1.54, 1.807) is 30.6 Å². The van der Waals surface area contributed by atoms with Crippen LogP contribution in [0.15, 0.2) is 69.5 Å². The summed E-state index contributed by atoms with van der Waals surface area (Å²) in [6.07, 6.45) is 3.85. The van der Waals surface area contributed by atoms with Gasteiger partial charge in [0.25, 0.3) is 5.56 Å². The largest absolute Gasteiger partial charge is 0.491 e. The van der Waals surface area contributed by atoms with Gasteiger partial charge in [0, 0.05) is 25.0 Å². The monoisotopic (exact) mass is 435 g/mol. The Labute approximate surface area is 181 Å². The SMILES string of the molecule is Cn1c(=O)[nH]c(=O)c2c1nc(N/N=C\c1cccnc1)n2C[C@@H](O)COc1ccccc1. The van der Waals surface area contributed by atoms with Gasteiger partial charge >= 0.3 is 5.69 Å². The maximum Gasteiger partial charge on any atom is 0.329 e. The lowest BCUT2D eigenvalue weighted by atomic mass is 10.3. The number of H-pyrrole nitrogens is 1. The number of aryl methyl sites for hydroxylation is 1. The molecule has 3 heterocycles. The van der Waals surface area contributed by atoms with E-state index in [9.17, 15) is 14.7 Å². The summed E-state index contributed by atoms with van der Waals surface area (Å²) in [7, 11) is 1.50. The van der Waals surface area contributed by atoms with Crippen LogP contribution < -0.4 is 21.4 Å². The van der Waals surface area contributed by atoms with Crippen LogP contribution in [0.3, 0.4) is 0 Å². The zero-order valence-electron chi connectivity index (χ0n) is 17.2. The summed E-state index contributed by atoms with van der Waals surface area (Å²) in [5, 5.41) is 14.7. The molecule has 0 saturated heterocycles. The molecule has 4 aromatic rings. The summed E-state index contributed by atoms with van der Waals surface area (Å²) in [5.74, 6) is 0.798. The molecule has 0 aliphatic carbocycles. The molecule has 1 aromatic carbocycles. The molecule has 11 nitrogen and oxygen atoms in total. The van der Waals surface area contributed by atoms with Crippen molar-refractivity contribution in [3.8, 4) is 5.75 Å². The number of anilines is 1. The number of hydrazone groups is 1. The summed E-state index contributed by atoms with van der Waals surface area (Å²) >= 11 is 0. The lowest BCUT2D eigenvalue weighted by molar-refractivity contribution is 0.0938. The van der Waals surface area contributed by atoms with Crippen molar-refractivity contribution >= 4 is 23.3 Å². The van der Waals surface area contributed by atoms with Crippen molar-refractivity contribution in [2.24, 2.45) is 12.1 Å². The smallest absolute Gasteiger partial charge is 0.329 e. The number of aromatic nitrogens is 5. The van der Waals surface area contributed by atoms with Gasteiger partial charge in [-0.05, 0) is 18.2 Å². The van der Waals surface area contributed by atoms with Crippen molar-refractivity contribution < 1.29 is 9.84 Å². The van der Waals surface area contributed by atoms with Crippen LogP contribution >= 0.6 is 0 Å². The van der Waals surface area contributed by atoms with Crippen LogP contribution in [0, 0.1) is 0 Å². The molecule has 11 heteroatoms. The first-order valence-corrected chi connectivity index (χ1v) is 9.77. The number of ether oxygens (including phenoxy) is 1. The summed E-state index contributed by atoms with van der Waals surface area (Å²) < 4.78 is 8.28. The predicted octanol–water partition coefficient (Wildman–Crippen LogP) is 0.704. The average molecular weight is 435 g/mol. The molecule has 3 aromatic heterocycles. The van der Waals surface area contributed by atoms with E-state index in [4.69, 9.17) is 4.74 Å². The fourth-order valence-corrected chi connectivity index (χ4v) is 3.09. The van der Waals surface area contributed by atoms with E-state index in [0.29, 0.717) is 5.75 Å². The predicted molar refractivity (Wildman–Crippen MR) is 119 cm³/mol. The van der Waals surface area contributed by atoms with Gasteiger partial charge in [-0.2, -0.15) is 10.1 Å². The molecule has 0 spiro atoms. The molecule has 0 fully saturated rings. The van der Waals surface area contributed by atoms with Crippen molar-refractivity contribution in [1.82, 2.24) is 24.1 Å². The Bertz CT molecular complexity index is 1340. The molecule has 0 saturated carbocycles. The maximum atomic E-state index is 12.5. The van der Waals surface area contributed by atoms with Crippen molar-refractivity contribution in [2.75, 3.05) is 12.0 Å². The Balaban J connectivity index is 1.63. The third-order valence-electron chi connectivity index (χ3n) is 4.65. The van der Waals surface area contributed by atoms with Crippen LogP contribution in [-0.4, -0.2) is 48.1 Å². The molecule has 4 rings (SSSR count). The van der Waals surface area contributed by atoms with E-state index < -0.39 is 17.4 Å². The zero-order chi connectivity index (χ0) is 22.5. The normalized spacial score (nSPS) is 12.3. The lowest BCUT2D eigenvalue weighted by Gasteiger charge is -2.15. The van der Waals surface area contributed by atoms with Gasteiger partial charge in [-0.25, -0.2) is 10.2 Å². The van der Waals surface area contributed by atoms with E-state index in [1.807, 2.05) is 24.3 Å². The number of para-hydroxylation sites is 1. The summed E-state index contributed by atoms with van der Waals surface area (Å²) in [5.41, 5.74) is 2.62. The molecule has 32 heavy (non-hydrogen) atoms. The minimum atomic E-state index is -0.966. The fraction of sp³-hybridized carbons (Fsp3) is 0.190. The van der Waals surface area contributed by atoms with E-state index in [1.165, 1.54) is 22.4 Å². The third kappa shape index (κ3) is 4.57. The number of aromatic amines is 1. The summed E-state index contributed by atoms with van der Waals surface area (Å²) in [4.78, 5) is 35.1.